The first-order valence-electron chi connectivity index (χ1n) is 9.04. The summed E-state index contributed by atoms with van der Waals surface area (Å²) in [5.41, 5.74) is 4.97. The lowest BCUT2D eigenvalue weighted by atomic mass is 10.1. The molecule has 27 heavy (non-hydrogen) atoms. The summed E-state index contributed by atoms with van der Waals surface area (Å²) in [4.78, 5) is 28.6. The van der Waals surface area contributed by atoms with Crippen molar-refractivity contribution in [3.05, 3.63) is 52.7 Å². The van der Waals surface area contributed by atoms with Crippen molar-refractivity contribution in [2.45, 2.75) is 53.6 Å². The first-order valence-corrected chi connectivity index (χ1v) is 9.04. The third-order valence-corrected chi connectivity index (χ3v) is 4.69. The summed E-state index contributed by atoms with van der Waals surface area (Å²) in [6.45, 7) is 9.55. The van der Waals surface area contributed by atoms with Gasteiger partial charge in [-0.3, -0.25) is 14.3 Å². The molecule has 0 aliphatic heterocycles. The highest BCUT2D eigenvalue weighted by molar-refractivity contribution is 5.96. The summed E-state index contributed by atoms with van der Waals surface area (Å²) in [5.74, 6) is -0.0809. The number of fused-ring (bicyclic) bond motifs is 1. The lowest BCUT2D eigenvalue weighted by Crippen LogP contribution is -2.26. The average Bonchev–Trinajstić information content (AvgIpc) is 3.12. The van der Waals surface area contributed by atoms with Crippen molar-refractivity contribution in [2.24, 2.45) is 0 Å². The molecule has 0 bridgehead atoms. The van der Waals surface area contributed by atoms with E-state index in [2.05, 4.69) is 15.4 Å². The van der Waals surface area contributed by atoms with Gasteiger partial charge < -0.3 is 9.72 Å². The number of ketones is 1. The highest BCUT2D eigenvalue weighted by Crippen LogP contribution is 2.20. The first kappa shape index (κ1) is 18.8. The van der Waals surface area contributed by atoms with Crippen LogP contribution in [0.3, 0.4) is 0 Å². The van der Waals surface area contributed by atoms with Gasteiger partial charge in [0.2, 0.25) is 5.91 Å². The van der Waals surface area contributed by atoms with E-state index >= 15 is 0 Å². The number of hydrogen-bond acceptors (Lipinski definition) is 4. The van der Waals surface area contributed by atoms with Crippen LogP contribution < -0.4 is 5.32 Å². The van der Waals surface area contributed by atoms with Crippen molar-refractivity contribution < 1.29 is 9.59 Å². The fraction of sp³-hybridized carbons (Fsp3) is 0.400. The van der Waals surface area contributed by atoms with Crippen LogP contribution in [0.4, 0.5) is 0 Å². The standard InChI is InChI=1S/C20H25N5O2/c1-12-6-7-18-22-17(11-24(18)10-12)9-21-19(27)8-13(2)25-15(4)20(16(5)26)14(3)23-25/h6-7,10-11,13H,8-9H2,1-5H3,(H,21,27). The van der Waals surface area contributed by atoms with Crippen molar-refractivity contribution >= 4 is 17.3 Å². The van der Waals surface area contributed by atoms with Gasteiger partial charge in [0.1, 0.15) is 5.65 Å². The Morgan fingerprint density at radius 3 is 2.59 bits per heavy atom. The van der Waals surface area contributed by atoms with Crippen LogP contribution in [0.2, 0.25) is 0 Å². The maximum Gasteiger partial charge on any atom is 0.222 e. The molecule has 0 aliphatic rings. The number of imidazole rings is 1. The fourth-order valence-corrected chi connectivity index (χ4v) is 3.46. The topological polar surface area (TPSA) is 81.3 Å². The number of aromatic nitrogens is 4. The Morgan fingerprint density at radius 2 is 1.93 bits per heavy atom. The van der Waals surface area contributed by atoms with Gasteiger partial charge in [-0.15, -0.1) is 0 Å². The predicted molar refractivity (Wildman–Crippen MR) is 103 cm³/mol. The van der Waals surface area contributed by atoms with Crippen LogP contribution in [0.25, 0.3) is 5.65 Å². The van der Waals surface area contributed by atoms with Crippen LogP contribution in [-0.2, 0) is 11.3 Å². The van der Waals surface area contributed by atoms with Crippen LogP contribution in [0.15, 0.2) is 24.5 Å². The molecule has 3 aromatic rings. The second-order valence-corrected chi connectivity index (χ2v) is 7.08. The minimum absolute atomic E-state index is 0.00464. The zero-order chi connectivity index (χ0) is 19.7. The molecule has 1 amide bonds. The number of carbonyl (C=O) groups is 2. The van der Waals surface area contributed by atoms with Gasteiger partial charge in [-0.2, -0.15) is 5.10 Å². The van der Waals surface area contributed by atoms with E-state index in [1.165, 1.54) is 6.92 Å². The summed E-state index contributed by atoms with van der Waals surface area (Å²) in [7, 11) is 0. The van der Waals surface area contributed by atoms with E-state index in [1.807, 2.05) is 56.6 Å². The fourth-order valence-electron chi connectivity index (χ4n) is 3.46. The number of pyridine rings is 1. The third-order valence-electron chi connectivity index (χ3n) is 4.69. The van der Waals surface area contributed by atoms with Crippen LogP contribution >= 0.6 is 0 Å². The van der Waals surface area contributed by atoms with Gasteiger partial charge in [0.05, 0.1) is 29.5 Å². The molecule has 3 aromatic heterocycles. The Hall–Kier alpha value is -2.96. The molecule has 1 unspecified atom stereocenters. The van der Waals surface area contributed by atoms with Crippen LogP contribution in [-0.4, -0.2) is 30.9 Å². The van der Waals surface area contributed by atoms with Crippen molar-refractivity contribution in [3.8, 4) is 0 Å². The maximum absolute atomic E-state index is 12.4. The monoisotopic (exact) mass is 367 g/mol. The minimum Gasteiger partial charge on any atom is -0.350 e. The highest BCUT2D eigenvalue weighted by atomic mass is 16.1. The zero-order valence-electron chi connectivity index (χ0n) is 16.4. The molecular weight excluding hydrogens is 342 g/mol. The second kappa shape index (κ2) is 7.34. The number of hydrogen-bond donors (Lipinski definition) is 1. The van der Waals surface area contributed by atoms with E-state index in [1.54, 1.807) is 4.68 Å². The number of nitrogens with one attached hydrogen (secondary N) is 1. The molecular formula is C20H25N5O2. The molecule has 3 heterocycles. The van der Waals surface area contributed by atoms with Crippen LogP contribution in [0.5, 0.6) is 0 Å². The normalized spacial score (nSPS) is 12.3. The Bertz CT molecular complexity index is 1010. The van der Waals surface area contributed by atoms with E-state index in [4.69, 9.17) is 0 Å². The molecule has 142 valence electrons. The molecule has 3 rings (SSSR count). The van der Waals surface area contributed by atoms with Crippen LogP contribution in [0.1, 0.15) is 59.3 Å². The van der Waals surface area contributed by atoms with E-state index in [0.717, 1.165) is 22.6 Å². The number of aryl methyl sites for hydroxylation is 2. The second-order valence-electron chi connectivity index (χ2n) is 7.08. The summed E-state index contributed by atoms with van der Waals surface area (Å²) >= 11 is 0. The highest BCUT2D eigenvalue weighted by Gasteiger charge is 2.20. The Labute approximate surface area is 158 Å². The van der Waals surface area contributed by atoms with Gasteiger partial charge in [-0.25, -0.2) is 4.98 Å². The Balaban J connectivity index is 1.63. The van der Waals surface area contributed by atoms with Gasteiger partial charge in [0.15, 0.2) is 5.78 Å². The van der Waals surface area contributed by atoms with Gasteiger partial charge in [-0.1, -0.05) is 6.07 Å². The molecule has 1 N–H and O–H groups in total. The molecule has 0 spiro atoms. The van der Waals surface area contributed by atoms with E-state index in [9.17, 15) is 9.59 Å². The molecule has 0 saturated carbocycles. The van der Waals surface area contributed by atoms with E-state index < -0.39 is 0 Å². The zero-order valence-corrected chi connectivity index (χ0v) is 16.4. The maximum atomic E-state index is 12.4. The van der Waals surface area contributed by atoms with Crippen molar-refractivity contribution in [3.63, 3.8) is 0 Å². The molecule has 7 heteroatoms. The third kappa shape index (κ3) is 3.92. The van der Waals surface area contributed by atoms with Crippen LogP contribution in [0, 0.1) is 20.8 Å². The summed E-state index contributed by atoms with van der Waals surface area (Å²) in [6.07, 6.45) is 4.21. The number of nitrogens with zero attached hydrogens (tertiary/aromatic N) is 4. The number of carbonyl (C=O) groups excluding carboxylic acids is 2. The molecule has 0 saturated heterocycles. The SMILES string of the molecule is CC(=O)c1c(C)nn(C(C)CC(=O)NCc2cn3cc(C)ccc3n2)c1C. The largest absolute Gasteiger partial charge is 0.350 e. The van der Waals surface area contributed by atoms with Gasteiger partial charge in [-0.05, 0) is 46.2 Å². The average molecular weight is 367 g/mol. The molecule has 0 radical (unpaired) electrons. The van der Waals surface area contributed by atoms with Crippen molar-refractivity contribution in [1.82, 2.24) is 24.5 Å². The summed E-state index contributed by atoms with van der Waals surface area (Å²) in [5, 5.41) is 7.36. The summed E-state index contributed by atoms with van der Waals surface area (Å²) < 4.78 is 3.72. The van der Waals surface area contributed by atoms with Gasteiger partial charge >= 0.3 is 0 Å². The molecule has 0 aromatic carbocycles. The van der Waals surface area contributed by atoms with Gasteiger partial charge in [0, 0.05) is 24.5 Å². The molecule has 7 nitrogen and oxygen atoms in total. The molecule has 0 fully saturated rings. The van der Waals surface area contributed by atoms with Gasteiger partial charge in [0.25, 0.3) is 0 Å². The van der Waals surface area contributed by atoms with Crippen molar-refractivity contribution in [2.75, 3.05) is 0 Å². The van der Waals surface area contributed by atoms with E-state index in [-0.39, 0.29) is 24.2 Å². The number of amides is 1. The Kier molecular flexibility index (Phi) is 5.12. The summed E-state index contributed by atoms with van der Waals surface area (Å²) in [6, 6.07) is 3.83. The number of rotatable bonds is 6. The number of Topliss-reactive ketones (excluding diaryl/α,β-unsaturated/α-hetero) is 1. The minimum atomic E-state index is -0.138. The lowest BCUT2D eigenvalue weighted by Gasteiger charge is -2.14. The first-order chi connectivity index (χ1) is 12.8. The quantitative estimate of drug-likeness (QED) is 0.679. The lowest BCUT2D eigenvalue weighted by molar-refractivity contribution is -0.122. The smallest absolute Gasteiger partial charge is 0.222 e. The Morgan fingerprint density at radius 1 is 1.19 bits per heavy atom. The predicted octanol–water partition coefficient (Wildman–Crippen LogP) is 2.93. The van der Waals surface area contributed by atoms with E-state index in [0.29, 0.717) is 17.8 Å². The molecule has 0 aliphatic carbocycles. The molecule has 1 atom stereocenters. The van der Waals surface area contributed by atoms with Crippen molar-refractivity contribution in [1.29, 1.82) is 0 Å².